The Kier molecular flexibility index (Phi) is 1.29. The first-order valence-electron chi connectivity index (χ1n) is 4.43. The molecule has 5 atom stereocenters. The molecule has 2 heteroatoms. The molecule has 1 aliphatic carbocycles. The molecule has 2 aliphatic rings. The number of carbonyl (C=O) groups is 1. The lowest BCUT2D eigenvalue weighted by Crippen LogP contribution is -2.43. The van der Waals surface area contributed by atoms with Crippen molar-refractivity contribution in [2.24, 2.45) is 23.7 Å². The molecule has 1 amide bonds. The van der Waals surface area contributed by atoms with E-state index < -0.39 is 0 Å². The molecule has 0 aromatic carbocycles. The van der Waals surface area contributed by atoms with Gasteiger partial charge in [0.05, 0.1) is 0 Å². The molecule has 0 radical (unpaired) electrons. The molecule has 0 aromatic rings. The van der Waals surface area contributed by atoms with E-state index in [9.17, 15) is 4.79 Å². The first-order valence-corrected chi connectivity index (χ1v) is 4.43. The summed E-state index contributed by atoms with van der Waals surface area (Å²) in [6.45, 7) is 6.41. The molecule has 2 rings (SSSR count). The minimum atomic E-state index is 0.253. The first-order chi connectivity index (χ1) is 5.13. The topological polar surface area (TPSA) is 29.1 Å². The van der Waals surface area contributed by atoms with E-state index in [0.717, 1.165) is 11.8 Å². The molecule has 0 bridgehead atoms. The van der Waals surface area contributed by atoms with Gasteiger partial charge in [0.1, 0.15) is 0 Å². The van der Waals surface area contributed by atoms with Crippen molar-refractivity contribution in [3.63, 3.8) is 0 Å². The zero-order valence-electron chi connectivity index (χ0n) is 7.29. The molecule has 1 saturated carbocycles. The molecule has 1 N–H and O–H groups in total. The SMILES string of the molecule is CC1NC(=O)C(C)C2C(C)C12. The highest BCUT2D eigenvalue weighted by molar-refractivity contribution is 5.80. The Morgan fingerprint density at radius 3 is 2.45 bits per heavy atom. The summed E-state index contributed by atoms with van der Waals surface area (Å²) in [5, 5.41) is 3.01. The van der Waals surface area contributed by atoms with Gasteiger partial charge in [0.15, 0.2) is 0 Å². The summed E-state index contributed by atoms with van der Waals surface area (Å²) >= 11 is 0. The molecule has 2 fully saturated rings. The summed E-state index contributed by atoms with van der Waals surface area (Å²) in [5.74, 6) is 2.72. The van der Waals surface area contributed by atoms with E-state index in [0.29, 0.717) is 12.0 Å². The fourth-order valence-electron chi connectivity index (χ4n) is 2.73. The molecule has 1 aliphatic heterocycles. The third-order valence-electron chi connectivity index (χ3n) is 3.46. The van der Waals surface area contributed by atoms with E-state index in [1.165, 1.54) is 0 Å². The lowest BCUT2D eigenvalue weighted by molar-refractivity contribution is -0.127. The highest BCUT2D eigenvalue weighted by Gasteiger charge is 2.57. The molecule has 2 nitrogen and oxygen atoms in total. The quantitative estimate of drug-likeness (QED) is 0.553. The van der Waals surface area contributed by atoms with Crippen LogP contribution in [0.5, 0.6) is 0 Å². The smallest absolute Gasteiger partial charge is 0.223 e. The summed E-state index contributed by atoms with van der Waals surface area (Å²) in [5.41, 5.74) is 0. The maximum Gasteiger partial charge on any atom is 0.223 e. The highest BCUT2D eigenvalue weighted by atomic mass is 16.2. The molecule has 1 heterocycles. The van der Waals surface area contributed by atoms with E-state index in [1.807, 2.05) is 6.92 Å². The Morgan fingerprint density at radius 2 is 1.82 bits per heavy atom. The normalized spacial score (nSPS) is 54.8. The number of amides is 1. The third-order valence-corrected chi connectivity index (χ3v) is 3.46. The van der Waals surface area contributed by atoms with Gasteiger partial charge in [-0.1, -0.05) is 13.8 Å². The summed E-state index contributed by atoms with van der Waals surface area (Å²) in [6, 6.07) is 0.415. The zero-order valence-corrected chi connectivity index (χ0v) is 7.29. The fraction of sp³-hybridized carbons (Fsp3) is 0.889. The fourth-order valence-corrected chi connectivity index (χ4v) is 2.73. The van der Waals surface area contributed by atoms with Crippen molar-refractivity contribution in [1.29, 1.82) is 0 Å². The summed E-state index contributed by atoms with van der Waals surface area (Å²) < 4.78 is 0. The van der Waals surface area contributed by atoms with E-state index in [1.54, 1.807) is 0 Å². The molecular formula is C9H15NO. The predicted molar refractivity (Wildman–Crippen MR) is 42.9 cm³/mol. The van der Waals surface area contributed by atoms with Gasteiger partial charge in [-0.2, -0.15) is 0 Å². The van der Waals surface area contributed by atoms with Crippen LogP contribution < -0.4 is 5.32 Å². The number of carbonyl (C=O) groups excluding carboxylic acids is 1. The van der Waals surface area contributed by atoms with E-state index >= 15 is 0 Å². The molecular weight excluding hydrogens is 138 g/mol. The van der Waals surface area contributed by atoms with Crippen molar-refractivity contribution >= 4 is 5.91 Å². The summed E-state index contributed by atoms with van der Waals surface area (Å²) in [7, 11) is 0. The average molecular weight is 153 g/mol. The van der Waals surface area contributed by atoms with Crippen molar-refractivity contribution in [2.45, 2.75) is 26.8 Å². The van der Waals surface area contributed by atoms with Gasteiger partial charge in [0.2, 0.25) is 5.91 Å². The molecule has 5 unspecified atom stereocenters. The molecule has 11 heavy (non-hydrogen) atoms. The van der Waals surface area contributed by atoms with Crippen LogP contribution >= 0.6 is 0 Å². The van der Waals surface area contributed by atoms with Crippen LogP contribution in [0.4, 0.5) is 0 Å². The van der Waals surface area contributed by atoms with Crippen molar-refractivity contribution in [2.75, 3.05) is 0 Å². The molecule has 0 spiro atoms. The van der Waals surface area contributed by atoms with E-state index in [4.69, 9.17) is 0 Å². The molecule has 1 saturated heterocycles. The standard InChI is InChI=1S/C9H15NO/c1-4-7-5(2)9(11)10-6(3)8(4)7/h4-8H,1-3H3,(H,10,11). The van der Waals surface area contributed by atoms with Crippen LogP contribution in [0.3, 0.4) is 0 Å². The maximum atomic E-state index is 11.3. The van der Waals surface area contributed by atoms with Crippen LogP contribution in [0.2, 0.25) is 0 Å². The summed E-state index contributed by atoms with van der Waals surface area (Å²) in [6.07, 6.45) is 0. The van der Waals surface area contributed by atoms with Gasteiger partial charge in [-0.15, -0.1) is 0 Å². The summed E-state index contributed by atoms with van der Waals surface area (Å²) in [4.78, 5) is 11.3. The third kappa shape index (κ3) is 0.815. The van der Waals surface area contributed by atoms with E-state index in [-0.39, 0.29) is 11.8 Å². The van der Waals surface area contributed by atoms with Crippen LogP contribution in [-0.2, 0) is 4.79 Å². The van der Waals surface area contributed by atoms with Crippen LogP contribution in [0.1, 0.15) is 20.8 Å². The second-order valence-electron chi connectivity index (χ2n) is 4.10. The molecule has 62 valence electrons. The Balaban J connectivity index is 2.16. The van der Waals surface area contributed by atoms with Crippen molar-refractivity contribution in [1.82, 2.24) is 5.32 Å². The number of hydrogen-bond acceptors (Lipinski definition) is 1. The Hall–Kier alpha value is -0.530. The second kappa shape index (κ2) is 1.99. The number of nitrogens with one attached hydrogen (secondary N) is 1. The van der Waals surface area contributed by atoms with Gasteiger partial charge in [-0.3, -0.25) is 4.79 Å². The van der Waals surface area contributed by atoms with Crippen LogP contribution in [0, 0.1) is 23.7 Å². The first kappa shape index (κ1) is 7.14. The minimum Gasteiger partial charge on any atom is -0.353 e. The van der Waals surface area contributed by atoms with Crippen molar-refractivity contribution in [3.05, 3.63) is 0 Å². The Bertz CT molecular complexity index is 202. The lowest BCUT2D eigenvalue weighted by atomic mass is 9.96. The average Bonchev–Trinajstić information content (AvgIpc) is 2.58. The number of hydrogen-bond donors (Lipinski definition) is 1. The largest absolute Gasteiger partial charge is 0.353 e. The van der Waals surface area contributed by atoms with Gasteiger partial charge in [-0.05, 0) is 24.7 Å². The second-order valence-corrected chi connectivity index (χ2v) is 4.10. The molecule has 0 aromatic heterocycles. The van der Waals surface area contributed by atoms with Gasteiger partial charge in [0.25, 0.3) is 0 Å². The zero-order chi connectivity index (χ0) is 8.17. The van der Waals surface area contributed by atoms with Gasteiger partial charge in [-0.25, -0.2) is 0 Å². The Morgan fingerprint density at radius 1 is 1.18 bits per heavy atom. The van der Waals surface area contributed by atoms with Gasteiger partial charge in [0, 0.05) is 12.0 Å². The van der Waals surface area contributed by atoms with Gasteiger partial charge < -0.3 is 5.32 Å². The predicted octanol–water partition coefficient (Wildman–Crippen LogP) is 1.02. The minimum absolute atomic E-state index is 0.253. The number of piperidine rings is 1. The lowest BCUT2D eigenvalue weighted by Gasteiger charge is -2.23. The number of fused-ring (bicyclic) bond motifs is 1. The van der Waals surface area contributed by atoms with Crippen molar-refractivity contribution in [3.8, 4) is 0 Å². The monoisotopic (exact) mass is 153 g/mol. The van der Waals surface area contributed by atoms with Crippen LogP contribution in [0.25, 0.3) is 0 Å². The maximum absolute atomic E-state index is 11.3. The van der Waals surface area contributed by atoms with E-state index in [2.05, 4.69) is 19.2 Å². The number of rotatable bonds is 0. The van der Waals surface area contributed by atoms with Crippen LogP contribution in [0.15, 0.2) is 0 Å². The van der Waals surface area contributed by atoms with Gasteiger partial charge >= 0.3 is 0 Å². The van der Waals surface area contributed by atoms with Crippen molar-refractivity contribution < 1.29 is 4.79 Å². The highest BCUT2D eigenvalue weighted by Crippen LogP contribution is 2.54. The Labute approximate surface area is 67.4 Å². The van der Waals surface area contributed by atoms with Crippen LogP contribution in [-0.4, -0.2) is 11.9 Å².